The second-order valence-corrected chi connectivity index (χ2v) is 16.4. The maximum absolute atomic E-state index is 15.2. The predicted molar refractivity (Wildman–Crippen MR) is 233 cm³/mol. The van der Waals surface area contributed by atoms with Crippen molar-refractivity contribution >= 4 is 63.3 Å². The fourth-order valence-corrected chi connectivity index (χ4v) is 9.78. The van der Waals surface area contributed by atoms with Gasteiger partial charge in [0.1, 0.15) is 29.1 Å². The summed E-state index contributed by atoms with van der Waals surface area (Å²) in [5.41, 5.74) is 20.0. The van der Waals surface area contributed by atoms with Crippen LogP contribution in [0.1, 0.15) is 98.1 Å². The molecule has 2 heterocycles. The zero-order valence-electron chi connectivity index (χ0n) is 33.2. The summed E-state index contributed by atoms with van der Waals surface area (Å²) in [6, 6.07) is 28.3. The van der Waals surface area contributed by atoms with Crippen molar-refractivity contribution in [3.8, 4) is 0 Å². The van der Waals surface area contributed by atoms with Crippen molar-refractivity contribution in [1.29, 1.82) is 10.8 Å². The maximum atomic E-state index is 15.2. The molecule has 8 rings (SSSR count). The molecule has 2 fully saturated rings. The minimum atomic E-state index is -0.466. The lowest BCUT2D eigenvalue weighted by Gasteiger charge is -2.41. The van der Waals surface area contributed by atoms with Gasteiger partial charge in [0.25, 0.3) is 0 Å². The van der Waals surface area contributed by atoms with Gasteiger partial charge in [-0.25, -0.2) is 9.97 Å². The summed E-state index contributed by atoms with van der Waals surface area (Å²) in [5.74, 6) is 2.62. The number of amidine groups is 2. The van der Waals surface area contributed by atoms with Gasteiger partial charge in [-0.1, -0.05) is 38.8 Å². The molecule has 0 aliphatic heterocycles. The quantitative estimate of drug-likeness (QED) is 0.0533. The van der Waals surface area contributed by atoms with E-state index in [4.69, 9.17) is 32.3 Å². The summed E-state index contributed by atoms with van der Waals surface area (Å²) in [6.07, 6.45) is 5.83. The fraction of sp³-hybridized carbons (Fsp3) is 0.356. The molecule has 2 aromatic heterocycles. The Morgan fingerprint density at radius 1 is 0.684 bits per heavy atom. The van der Waals surface area contributed by atoms with Crippen LogP contribution in [0.2, 0.25) is 0 Å². The van der Waals surface area contributed by atoms with Crippen LogP contribution < -0.4 is 22.1 Å². The van der Waals surface area contributed by atoms with Gasteiger partial charge < -0.3 is 31.2 Å². The van der Waals surface area contributed by atoms with Gasteiger partial charge in [0, 0.05) is 47.4 Å². The highest BCUT2D eigenvalue weighted by molar-refractivity contribution is 5.96. The Balaban J connectivity index is 0.00000496. The SMILES string of the molecule is Cl.Cn1c(CNc2ccc(C(=N)N)cc2)nc2cc(C3CCCC3(C)C(=O)C3(C)CCCC3c3ccc4c(c3)nc(CNc3ccc(C(=N)N)cc3)n4C)ccc21. The zero-order valence-corrected chi connectivity index (χ0v) is 34.0. The van der Waals surface area contributed by atoms with Crippen molar-refractivity contribution in [3.63, 3.8) is 0 Å². The highest BCUT2D eigenvalue weighted by atomic mass is 35.5. The molecule has 2 saturated carbocycles. The highest BCUT2D eigenvalue weighted by Gasteiger charge is 2.55. The van der Waals surface area contributed by atoms with Gasteiger partial charge in [0.05, 0.1) is 35.2 Å². The number of nitrogens with zero attached hydrogens (tertiary/aromatic N) is 4. The van der Waals surface area contributed by atoms with Gasteiger partial charge in [-0.05, 0) is 121 Å². The highest BCUT2D eigenvalue weighted by Crippen LogP contribution is 2.59. The van der Waals surface area contributed by atoms with E-state index in [1.54, 1.807) is 0 Å². The number of nitrogens with one attached hydrogen (secondary N) is 4. The molecule has 4 atom stereocenters. The summed E-state index contributed by atoms with van der Waals surface area (Å²) in [4.78, 5) is 25.3. The fourth-order valence-electron chi connectivity index (χ4n) is 9.78. The van der Waals surface area contributed by atoms with Gasteiger partial charge in [-0.2, -0.15) is 0 Å². The third-order valence-electron chi connectivity index (χ3n) is 13.0. The number of nitrogen functional groups attached to an aromatic ring is 2. The molecule has 2 aliphatic rings. The molecule has 11 nitrogen and oxygen atoms in total. The van der Waals surface area contributed by atoms with Crippen molar-refractivity contribution in [3.05, 3.63) is 119 Å². The van der Waals surface area contributed by atoms with Crippen LogP contribution in [0.5, 0.6) is 0 Å². The molecule has 8 N–H and O–H groups in total. The van der Waals surface area contributed by atoms with Crippen molar-refractivity contribution in [1.82, 2.24) is 19.1 Å². The molecule has 0 spiro atoms. The van der Waals surface area contributed by atoms with Crippen LogP contribution in [0.15, 0.2) is 84.9 Å². The van der Waals surface area contributed by atoms with E-state index in [9.17, 15) is 0 Å². The number of imidazole rings is 2. The molecule has 296 valence electrons. The molecule has 12 heteroatoms. The Kier molecular flexibility index (Phi) is 10.6. The summed E-state index contributed by atoms with van der Waals surface area (Å²) in [5, 5.41) is 22.2. The molecule has 0 saturated heterocycles. The molecule has 57 heavy (non-hydrogen) atoms. The standard InChI is InChI=1S/C45H52N10O.ClH/c1-44(21-5-7-33(44)29-13-19-37-35(23-29)52-39(54(37)3)25-50-31-15-9-27(10-16-31)41(46)47)43(56)45(2)22-6-8-34(45)30-14-20-38-36(24-30)53-40(55(38)4)26-51-32-17-11-28(12-18-32)42(48)49;/h9-20,23-24,33-34,50-51H,5-8,21-22,25-26H2,1-4H3,(H3,46,47)(H3,48,49);1H. The minimum absolute atomic E-state index is 0. The van der Waals surface area contributed by atoms with Crippen LogP contribution in [0.4, 0.5) is 11.4 Å². The van der Waals surface area contributed by atoms with Crippen LogP contribution in [0, 0.1) is 21.6 Å². The molecular weight excluding hydrogens is 732 g/mol. The molecule has 0 amide bonds. The van der Waals surface area contributed by atoms with Crippen LogP contribution >= 0.6 is 12.4 Å². The van der Waals surface area contributed by atoms with Crippen LogP contribution in [0.25, 0.3) is 22.1 Å². The summed E-state index contributed by atoms with van der Waals surface area (Å²) >= 11 is 0. The second-order valence-electron chi connectivity index (χ2n) is 16.4. The Hall–Kier alpha value is -5.68. The number of Topliss-reactive ketones (excluding diaryl/α,β-unsaturated/α-hetero) is 1. The number of fused-ring (bicyclic) bond motifs is 2. The molecule has 4 aromatic carbocycles. The number of rotatable bonds is 12. The largest absolute Gasteiger partial charge is 0.384 e. The van der Waals surface area contributed by atoms with Gasteiger partial charge in [0.2, 0.25) is 0 Å². The number of ketones is 1. The number of carbonyl (C=O) groups is 1. The van der Waals surface area contributed by atoms with E-state index >= 15 is 4.79 Å². The molecular formula is C45H53ClN10O. The summed E-state index contributed by atoms with van der Waals surface area (Å²) in [7, 11) is 4.10. The van der Waals surface area contributed by atoms with E-state index < -0.39 is 10.8 Å². The Morgan fingerprint density at radius 2 is 1.07 bits per heavy atom. The van der Waals surface area contributed by atoms with Crippen LogP contribution in [0.3, 0.4) is 0 Å². The van der Waals surface area contributed by atoms with Gasteiger partial charge in [0.15, 0.2) is 0 Å². The van der Waals surface area contributed by atoms with Gasteiger partial charge in [-0.3, -0.25) is 15.6 Å². The minimum Gasteiger partial charge on any atom is -0.384 e. The first-order valence-electron chi connectivity index (χ1n) is 19.7. The second kappa shape index (κ2) is 15.3. The maximum Gasteiger partial charge on any atom is 0.145 e. The number of aryl methyl sites for hydroxylation is 2. The average Bonchev–Trinajstić information content (AvgIpc) is 3.96. The number of hydrogen-bond donors (Lipinski definition) is 6. The van der Waals surface area contributed by atoms with E-state index in [2.05, 4.69) is 70.0 Å². The first-order chi connectivity index (χ1) is 26.9. The number of carbonyl (C=O) groups excluding carboxylic acids is 1. The van der Waals surface area contributed by atoms with E-state index in [1.165, 1.54) is 11.1 Å². The zero-order chi connectivity index (χ0) is 39.4. The van der Waals surface area contributed by atoms with E-state index in [0.717, 1.165) is 83.6 Å². The van der Waals surface area contributed by atoms with Crippen molar-refractivity contribution < 1.29 is 4.79 Å². The molecule has 4 unspecified atom stereocenters. The first kappa shape index (κ1) is 39.6. The summed E-state index contributed by atoms with van der Waals surface area (Å²) in [6.45, 7) is 5.58. The predicted octanol–water partition coefficient (Wildman–Crippen LogP) is 8.49. The number of hydrogen-bond acceptors (Lipinski definition) is 7. The van der Waals surface area contributed by atoms with Gasteiger partial charge in [-0.15, -0.1) is 12.4 Å². The third-order valence-corrected chi connectivity index (χ3v) is 13.0. The van der Waals surface area contributed by atoms with Crippen molar-refractivity contribution in [2.24, 2.45) is 36.4 Å². The van der Waals surface area contributed by atoms with Crippen LogP contribution in [-0.2, 0) is 32.0 Å². The Labute approximate surface area is 340 Å². The number of benzene rings is 4. The molecule has 0 radical (unpaired) electrons. The van der Waals surface area contributed by atoms with Crippen LogP contribution in [-0.4, -0.2) is 36.6 Å². The monoisotopic (exact) mass is 784 g/mol. The molecule has 0 bridgehead atoms. The number of nitrogens with two attached hydrogens (primary N) is 2. The number of aromatic nitrogens is 4. The topological polar surface area (TPSA) is 177 Å². The van der Waals surface area contributed by atoms with E-state index in [-0.39, 0.29) is 35.9 Å². The average molecular weight is 785 g/mol. The van der Waals surface area contributed by atoms with Crippen molar-refractivity contribution in [2.45, 2.75) is 77.3 Å². The van der Waals surface area contributed by atoms with Gasteiger partial charge >= 0.3 is 0 Å². The normalized spacial score (nSPS) is 21.8. The smallest absolute Gasteiger partial charge is 0.145 e. The lowest BCUT2D eigenvalue weighted by atomic mass is 9.61. The molecule has 6 aromatic rings. The third kappa shape index (κ3) is 7.14. The number of anilines is 2. The number of halogens is 1. The Morgan fingerprint density at radius 3 is 1.44 bits per heavy atom. The van der Waals surface area contributed by atoms with Crippen molar-refractivity contribution in [2.75, 3.05) is 10.6 Å². The van der Waals surface area contributed by atoms with E-state index in [0.29, 0.717) is 30.0 Å². The first-order valence-corrected chi connectivity index (χ1v) is 19.7. The lowest BCUT2D eigenvalue weighted by Crippen LogP contribution is -2.43. The summed E-state index contributed by atoms with van der Waals surface area (Å²) < 4.78 is 4.26. The Bertz CT molecular complexity index is 2310. The lowest BCUT2D eigenvalue weighted by molar-refractivity contribution is -0.138. The molecule has 2 aliphatic carbocycles. The van der Waals surface area contributed by atoms with E-state index in [1.807, 2.05) is 62.6 Å².